The van der Waals surface area contributed by atoms with Crippen LogP contribution < -0.4 is 0 Å². The van der Waals surface area contributed by atoms with Crippen molar-refractivity contribution in [2.75, 3.05) is 0 Å². The number of rotatable bonds is 3. The van der Waals surface area contributed by atoms with Crippen molar-refractivity contribution in [2.45, 2.75) is 17.0 Å². The highest BCUT2D eigenvalue weighted by Crippen LogP contribution is 2.22. The summed E-state index contributed by atoms with van der Waals surface area (Å²) in [5.41, 5.74) is 1.70. The fourth-order valence-corrected chi connectivity index (χ4v) is 2.07. The maximum atomic E-state index is 4.94. The Morgan fingerprint density at radius 3 is 3.15 bits per heavy atom. The van der Waals surface area contributed by atoms with Crippen LogP contribution in [-0.2, 0) is 5.75 Å². The summed E-state index contributed by atoms with van der Waals surface area (Å²) in [5.74, 6) is 1.93. The van der Waals surface area contributed by atoms with E-state index in [1.165, 1.54) is 11.3 Å². The molecule has 13 heavy (non-hydrogen) atoms. The van der Waals surface area contributed by atoms with Crippen molar-refractivity contribution in [2.24, 2.45) is 0 Å². The van der Waals surface area contributed by atoms with E-state index in [2.05, 4.69) is 20.3 Å². The molecule has 2 heterocycles. The van der Waals surface area contributed by atoms with Gasteiger partial charge < -0.3 is 4.52 Å². The number of hydrogen-bond acceptors (Lipinski definition) is 7. The zero-order valence-electron chi connectivity index (χ0n) is 6.80. The van der Waals surface area contributed by atoms with Gasteiger partial charge in [-0.1, -0.05) is 28.3 Å². The van der Waals surface area contributed by atoms with Crippen molar-refractivity contribution >= 4 is 23.1 Å². The standard InChI is InChI=1S/C6H6N4OS2/c1-4-8-5(11-10-4)2-12-6-9-7-3-13-6/h3H,2H2,1H3. The topological polar surface area (TPSA) is 64.7 Å². The Bertz CT molecular complexity index is 372. The fraction of sp³-hybridized carbons (Fsp3) is 0.333. The van der Waals surface area contributed by atoms with Crippen LogP contribution in [0.5, 0.6) is 0 Å². The van der Waals surface area contributed by atoms with Crippen LogP contribution in [0.15, 0.2) is 14.4 Å². The first kappa shape index (κ1) is 8.64. The van der Waals surface area contributed by atoms with E-state index in [4.69, 9.17) is 4.52 Å². The molecule has 0 fully saturated rings. The summed E-state index contributed by atoms with van der Waals surface area (Å²) in [6.07, 6.45) is 0. The summed E-state index contributed by atoms with van der Waals surface area (Å²) < 4.78 is 5.85. The zero-order chi connectivity index (χ0) is 9.10. The van der Waals surface area contributed by atoms with Gasteiger partial charge in [0.25, 0.3) is 0 Å². The molecule has 2 aromatic heterocycles. The Labute approximate surface area is 82.6 Å². The van der Waals surface area contributed by atoms with E-state index in [9.17, 15) is 0 Å². The van der Waals surface area contributed by atoms with Crippen LogP contribution in [-0.4, -0.2) is 20.3 Å². The molecule has 0 amide bonds. The van der Waals surface area contributed by atoms with E-state index in [0.717, 1.165) is 4.34 Å². The van der Waals surface area contributed by atoms with Crippen molar-refractivity contribution in [1.29, 1.82) is 0 Å². The highest BCUT2D eigenvalue weighted by atomic mass is 32.2. The van der Waals surface area contributed by atoms with Gasteiger partial charge in [0.2, 0.25) is 5.89 Å². The van der Waals surface area contributed by atoms with Gasteiger partial charge in [-0.15, -0.1) is 10.2 Å². The van der Waals surface area contributed by atoms with E-state index in [0.29, 0.717) is 17.5 Å². The molecule has 0 saturated carbocycles. The lowest BCUT2D eigenvalue weighted by Gasteiger charge is -1.88. The fourth-order valence-electron chi connectivity index (χ4n) is 0.748. The molecule has 0 spiro atoms. The van der Waals surface area contributed by atoms with Crippen LogP contribution in [0, 0.1) is 6.92 Å². The molecule has 2 rings (SSSR count). The summed E-state index contributed by atoms with van der Waals surface area (Å²) in [6, 6.07) is 0. The molecular formula is C6H6N4OS2. The van der Waals surface area contributed by atoms with Crippen LogP contribution in [0.3, 0.4) is 0 Å². The monoisotopic (exact) mass is 214 g/mol. The molecule has 7 heteroatoms. The lowest BCUT2D eigenvalue weighted by molar-refractivity contribution is 0.387. The summed E-state index contributed by atoms with van der Waals surface area (Å²) >= 11 is 3.04. The van der Waals surface area contributed by atoms with Gasteiger partial charge in [-0.25, -0.2) is 0 Å². The normalized spacial score (nSPS) is 10.5. The predicted octanol–water partition coefficient (Wildman–Crippen LogP) is 1.52. The Morgan fingerprint density at radius 2 is 2.54 bits per heavy atom. The minimum Gasteiger partial charge on any atom is -0.338 e. The number of aryl methyl sites for hydroxylation is 1. The molecule has 0 aliphatic heterocycles. The third kappa shape index (κ3) is 2.25. The Kier molecular flexibility index (Phi) is 2.55. The Morgan fingerprint density at radius 1 is 1.62 bits per heavy atom. The van der Waals surface area contributed by atoms with Gasteiger partial charge in [0.05, 0.1) is 5.75 Å². The first-order chi connectivity index (χ1) is 6.34. The van der Waals surface area contributed by atoms with Gasteiger partial charge >= 0.3 is 0 Å². The van der Waals surface area contributed by atoms with Crippen LogP contribution >= 0.6 is 23.1 Å². The number of thioether (sulfide) groups is 1. The molecule has 0 N–H and O–H groups in total. The lowest BCUT2D eigenvalue weighted by Crippen LogP contribution is -1.80. The first-order valence-corrected chi connectivity index (χ1v) is 5.39. The molecule has 0 aliphatic rings. The quantitative estimate of drug-likeness (QED) is 0.722. The summed E-state index contributed by atoms with van der Waals surface area (Å²) in [5, 5.41) is 11.3. The van der Waals surface area contributed by atoms with Gasteiger partial charge in [0.15, 0.2) is 10.2 Å². The van der Waals surface area contributed by atoms with Gasteiger partial charge in [0, 0.05) is 0 Å². The van der Waals surface area contributed by atoms with Gasteiger partial charge in [-0.2, -0.15) is 4.98 Å². The smallest absolute Gasteiger partial charge is 0.237 e. The molecule has 0 bridgehead atoms. The van der Waals surface area contributed by atoms with Crippen molar-refractivity contribution < 1.29 is 4.52 Å². The van der Waals surface area contributed by atoms with Gasteiger partial charge in [-0.3, -0.25) is 0 Å². The second kappa shape index (κ2) is 3.84. The molecule has 2 aromatic rings. The summed E-state index contributed by atoms with van der Waals surface area (Å²) in [4.78, 5) is 4.07. The van der Waals surface area contributed by atoms with E-state index in [-0.39, 0.29) is 0 Å². The minimum atomic E-state index is 0.623. The average molecular weight is 214 g/mol. The largest absolute Gasteiger partial charge is 0.338 e. The molecule has 68 valence electrons. The van der Waals surface area contributed by atoms with Crippen molar-refractivity contribution in [3.8, 4) is 0 Å². The van der Waals surface area contributed by atoms with Crippen LogP contribution in [0.2, 0.25) is 0 Å². The van der Waals surface area contributed by atoms with E-state index >= 15 is 0 Å². The number of aromatic nitrogens is 4. The van der Waals surface area contributed by atoms with Crippen LogP contribution in [0.1, 0.15) is 11.7 Å². The van der Waals surface area contributed by atoms with Gasteiger partial charge in [-0.05, 0) is 6.92 Å². The lowest BCUT2D eigenvalue weighted by atomic mass is 10.7. The second-order valence-corrected chi connectivity index (χ2v) is 4.28. The second-order valence-electron chi connectivity index (χ2n) is 2.23. The van der Waals surface area contributed by atoms with Crippen molar-refractivity contribution in [3.05, 3.63) is 17.2 Å². The third-order valence-electron chi connectivity index (χ3n) is 1.23. The van der Waals surface area contributed by atoms with Crippen molar-refractivity contribution in [1.82, 2.24) is 20.3 Å². The number of nitrogens with zero attached hydrogens (tertiary/aromatic N) is 4. The molecule has 0 aliphatic carbocycles. The summed E-state index contributed by atoms with van der Waals surface area (Å²) in [7, 11) is 0. The SMILES string of the molecule is Cc1noc(CSc2nncs2)n1. The van der Waals surface area contributed by atoms with Crippen LogP contribution in [0.4, 0.5) is 0 Å². The number of hydrogen-bond donors (Lipinski definition) is 0. The van der Waals surface area contributed by atoms with E-state index in [1.807, 2.05) is 0 Å². The van der Waals surface area contributed by atoms with E-state index in [1.54, 1.807) is 24.2 Å². The Hall–Kier alpha value is -0.950. The molecule has 0 atom stereocenters. The minimum absolute atomic E-state index is 0.623. The highest BCUT2D eigenvalue weighted by Gasteiger charge is 2.04. The maximum Gasteiger partial charge on any atom is 0.237 e. The third-order valence-corrected chi connectivity index (χ3v) is 3.07. The first-order valence-electron chi connectivity index (χ1n) is 3.53. The molecule has 5 nitrogen and oxygen atoms in total. The molecule has 0 unspecified atom stereocenters. The summed E-state index contributed by atoms with van der Waals surface area (Å²) in [6.45, 7) is 1.79. The molecule has 0 aromatic carbocycles. The Balaban J connectivity index is 1.93. The highest BCUT2D eigenvalue weighted by molar-refractivity contribution is 8.00. The zero-order valence-corrected chi connectivity index (χ0v) is 8.43. The van der Waals surface area contributed by atoms with Crippen LogP contribution in [0.25, 0.3) is 0 Å². The van der Waals surface area contributed by atoms with Gasteiger partial charge in [0.1, 0.15) is 5.51 Å². The van der Waals surface area contributed by atoms with Crippen molar-refractivity contribution in [3.63, 3.8) is 0 Å². The van der Waals surface area contributed by atoms with E-state index < -0.39 is 0 Å². The predicted molar refractivity (Wildman–Crippen MR) is 48.5 cm³/mol. The average Bonchev–Trinajstić information content (AvgIpc) is 2.71. The maximum absolute atomic E-state index is 4.94. The molecule has 0 radical (unpaired) electrons. The molecular weight excluding hydrogens is 208 g/mol. The molecule has 0 saturated heterocycles.